The van der Waals surface area contributed by atoms with E-state index in [0.717, 1.165) is 23.5 Å². The summed E-state index contributed by atoms with van der Waals surface area (Å²) >= 11 is 3.50. The van der Waals surface area contributed by atoms with Gasteiger partial charge < -0.3 is 5.32 Å². The van der Waals surface area contributed by atoms with E-state index in [-0.39, 0.29) is 0 Å². The lowest BCUT2D eigenvalue weighted by Crippen LogP contribution is -2.24. The molecule has 0 spiro atoms. The van der Waals surface area contributed by atoms with Crippen molar-refractivity contribution in [2.45, 2.75) is 37.6 Å². The lowest BCUT2D eigenvalue weighted by Gasteiger charge is -2.18. The van der Waals surface area contributed by atoms with Crippen LogP contribution in [0.4, 0.5) is 0 Å². The standard InChI is InChI=1S/C19H22BrN/c20-18-10-7-15(8-11-18)6-9-17(14-21-19-12-13-19)16-4-2-1-3-5-16/h1-5,7-8,10-11,17,19,21H,6,9,12-14H2. The van der Waals surface area contributed by atoms with Crippen molar-refractivity contribution in [2.75, 3.05) is 6.54 Å². The molecule has 2 heteroatoms. The minimum atomic E-state index is 0.607. The fourth-order valence-corrected chi connectivity index (χ4v) is 2.96. The van der Waals surface area contributed by atoms with Crippen molar-refractivity contribution in [1.29, 1.82) is 0 Å². The lowest BCUT2D eigenvalue weighted by atomic mass is 9.92. The second-order valence-electron chi connectivity index (χ2n) is 5.96. The third-order valence-electron chi connectivity index (χ3n) is 4.20. The van der Waals surface area contributed by atoms with Crippen LogP contribution in [0.25, 0.3) is 0 Å². The molecule has 1 aliphatic carbocycles. The molecule has 0 amide bonds. The number of aryl methyl sites for hydroxylation is 1. The molecule has 1 saturated carbocycles. The zero-order valence-electron chi connectivity index (χ0n) is 12.3. The molecule has 1 aliphatic rings. The molecule has 0 heterocycles. The van der Waals surface area contributed by atoms with Gasteiger partial charge in [0, 0.05) is 17.1 Å². The van der Waals surface area contributed by atoms with Crippen LogP contribution in [-0.4, -0.2) is 12.6 Å². The topological polar surface area (TPSA) is 12.0 Å². The van der Waals surface area contributed by atoms with Gasteiger partial charge in [0.1, 0.15) is 0 Å². The molecule has 110 valence electrons. The maximum absolute atomic E-state index is 3.69. The fraction of sp³-hybridized carbons (Fsp3) is 0.368. The molecule has 1 unspecified atom stereocenters. The molecule has 21 heavy (non-hydrogen) atoms. The molecule has 0 aliphatic heterocycles. The Morgan fingerprint density at radius 1 is 1.00 bits per heavy atom. The van der Waals surface area contributed by atoms with E-state index in [1.54, 1.807) is 0 Å². The van der Waals surface area contributed by atoms with Crippen LogP contribution in [0.15, 0.2) is 59.1 Å². The van der Waals surface area contributed by atoms with Gasteiger partial charge in [-0.15, -0.1) is 0 Å². The summed E-state index contributed by atoms with van der Waals surface area (Å²) in [5.74, 6) is 0.607. The van der Waals surface area contributed by atoms with E-state index < -0.39 is 0 Å². The monoisotopic (exact) mass is 343 g/mol. The van der Waals surface area contributed by atoms with Crippen molar-refractivity contribution < 1.29 is 0 Å². The molecule has 1 nitrogen and oxygen atoms in total. The van der Waals surface area contributed by atoms with Crippen molar-refractivity contribution in [3.63, 3.8) is 0 Å². The van der Waals surface area contributed by atoms with E-state index in [0.29, 0.717) is 5.92 Å². The van der Waals surface area contributed by atoms with Crippen LogP contribution in [0.2, 0.25) is 0 Å². The summed E-state index contributed by atoms with van der Waals surface area (Å²) in [4.78, 5) is 0. The fourth-order valence-electron chi connectivity index (χ4n) is 2.70. The third kappa shape index (κ3) is 4.69. The highest BCUT2D eigenvalue weighted by Gasteiger charge is 2.22. The number of hydrogen-bond donors (Lipinski definition) is 1. The summed E-state index contributed by atoms with van der Waals surface area (Å²) in [7, 11) is 0. The van der Waals surface area contributed by atoms with Gasteiger partial charge in [-0.3, -0.25) is 0 Å². The average Bonchev–Trinajstić information content (AvgIpc) is 3.34. The summed E-state index contributed by atoms with van der Waals surface area (Å²) in [5.41, 5.74) is 2.88. The first kappa shape index (κ1) is 14.8. The number of hydrogen-bond acceptors (Lipinski definition) is 1. The molecule has 0 aromatic heterocycles. The first-order valence-electron chi connectivity index (χ1n) is 7.84. The Morgan fingerprint density at radius 2 is 1.71 bits per heavy atom. The quantitative estimate of drug-likeness (QED) is 0.752. The van der Waals surface area contributed by atoms with Crippen molar-refractivity contribution in [3.8, 4) is 0 Å². The Kier molecular flexibility index (Phi) is 5.10. The molecular weight excluding hydrogens is 322 g/mol. The molecule has 2 aromatic rings. The van der Waals surface area contributed by atoms with Crippen LogP contribution in [0.1, 0.15) is 36.3 Å². The molecule has 1 fully saturated rings. The normalized spacial score (nSPS) is 15.9. The molecule has 0 radical (unpaired) electrons. The van der Waals surface area contributed by atoms with Crippen LogP contribution in [0.5, 0.6) is 0 Å². The van der Waals surface area contributed by atoms with E-state index >= 15 is 0 Å². The highest BCUT2D eigenvalue weighted by molar-refractivity contribution is 9.10. The van der Waals surface area contributed by atoms with Gasteiger partial charge in [0.15, 0.2) is 0 Å². The molecule has 0 bridgehead atoms. The summed E-state index contributed by atoms with van der Waals surface area (Å²) in [6, 6.07) is 20.4. The Balaban J connectivity index is 1.62. The highest BCUT2D eigenvalue weighted by atomic mass is 79.9. The number of halogens is 1. The average molecular weight is 344 g/mol. The smallest absolute Gasteiger partial charge is 0.0175 e. The molecule has 1 atom stereocenters. The van der Waals surface area contributed by atoms with E-state index in [4.69, 9.17) is 0 Å². The maximum atomic E-state index is 3.69. The van der Waals surface area contributed by atoms with Crippen LogP contribution in [0.3, 0.4) is 0 Å². The Morgan fingerprint density at radius 3 is 2.38 bits per heavy atom. The van der Waals surface area contributed by atoms with Gasteiger partial charge in [-0.25, -0.2) is 0 Å². The van der Waals surface area contributed by atoms with E-state index in [1.165, 1.54) is 30.4 Å². The number of nitrogens with one attached hydrogen (secondary N) is 1. The second-order valence-corrected chi connectivity index (χ2v) is 6.87. The van der Waals surface area contributed by atoms with Gasteiger partial charge in [0.2, 0.25) is 0 Å². The van der Waals surface area contributed by atoms with Crippen LogP contribution in [0, 0.1) is 0 Å². The summed E-state index contributed by atoms with van der Waals surface area (Å²) < 4.78 is 1.15. The first-order chi connectivity index (χ1) is 10.3. The highest BCUT2D eigenvalue weighted by Crippen LogP contribution is 2.25. The van der Waals surface area contributed by atoms with E-state index in [9.17, 15) is 0 Å². The zero-order valence-corrected chi connectivity index (χ0v) is 13.9. The van der Waals surface area contributed by atoms with E-state index in [1.807, 2.05) is 0 Å². The third-order valence-corrected chi connectivity index (χ3v) is 4.72. The second kappa shape index (κ2) is 7.24. The summed E-state index contributed by atoms with van der Waals surface area (Å²) in [6.45, 7) is 1.10. The van der Waals surface area contributed by atoms with Gasteiger partial charge in [-0.2, -0.15) is 0 Å². The van der Waals surface area contributed by atoms with Crippen molar-refractivity contribution in [3.05, 3.63) is 70.2 Å². The SMILES string of the molecule is Brc1ccc(CCC(CNC2CC2)c2ccccc2)cc1. The van der Waals surface area contributed by atoms with E-state index in [2.05, 4.69) is 75.8 Å². The Labute approximate surface area is 135 Å². The van der Waals surface area contributed by atoms with Crippen LogP contribution < -0.4 is 5.32 Å². The van der Waals surface area contributed by atoms with Crippen molar-refractivity contribution in [2.24, 2.45) is 0 Å². The minimum absolute atomic E-state index is 0.607. The van der Waals surface area contributed by atoms with Gasteiger partial charge in [0.05, 0.1) is 0 Å². The number of rotatable bonds is 7. The van der Waals surface area contributed by atoms with Crippen molar-refractivity contribution >= 4 is 15.9 Å². The number of benzene rings is 2. The predicted molar refractivity (Wildman–Crippen MR) is 92.7 cm³/mol. The van der Waals surface area contributed by atoms with Gasteiger partial charge >= 0.3 is 0 Å². The zero-order chi connectivity index (χ0) is 14.5. The van der Waals surface area contributed by atoms with Gasteiger partial charge in [-0.05, 0) is 54.9 Å². The molecule has 1 N–H and O–H groups in total. The summed E-state index contributed by atoms with van der Waals surface area (Å²) in [6.07, 6.45) is 5.05. The Hall–Kier alpha value is -1.12. The minimum Gasteiger partial charge on any atom is -0.313 e. The predicted octanol–water partition coefficient (Wildman–Crippen LogP) is 4.92. The maximum Gasteiger partial charge on any atom is 0.0175 e. The van der Waals surface area contributed by atoms with Gasteiger partial charge in [0.25, 0.3) is 0 Å². The molecule has 0 saturated heterocycles. The Bertz CT molecular complexity index is 546. The van der Waals surface area contributed by atoms with Crippen LogP contribution >= 0.6 is 15.9 Å². The lowest BCUT2D eigenvalue weighted by molar-refractivity contribution is 0.548. The first-order valence-corrected chi connectivity index (χ1v) is 8.63. The summed E-state index contributed by atoms with van der Waals surface area (Å²) in [5, 5.41) is 3.69. The largest absolute Gasteiger partial charge is 0.313 e. The molecule has 2 aromatic carbocycles. The van der Waals surface area contributed by atoms with Gasteiger partial charge in [-0.1, -0.05) is 58.4 Å². The van der Waals surface area contributed by atoms with Crippen molar-refractivity contribution in [1.82, 2.24) is 5.32 Å². The molecular formula is C19H22BrN. The van der Waals surface area contributed by atoms with Crippen LogP contribution in [-0.2, 0) is 6.42 Å². The molecule has 3 rings (SSSR count).